The van der Waals surface area contributed by atoms with Crippen LogP contribution in [0.5, 0.6) is 0 Å². The van der Waals surface area contributed by atoms with Crippen LogP contribution in [0.25, 0.3) is 0 Å². The number of urea groups is 1. The summed E-state index contributed by atoms with van der Waals surface area (Å²) in [7, 11) is 0. The number of nitrogens with one attached hydrogen (secondary N) is 1. The molecule has 3 amide bonds. The summed E-state index contributed by atoms with van der Waals surface area (Å²) >= 11 is 0. The molecule has 1 aromatic rings. The number of fused-ring (bicyclic) bond motifs is 1. The van der Waals surface area contributed by atoms with Crippen LogP contribution in [0.2, 0.25) is 0 Å². The van der Waals surface area contributed by atoms with E-state index in [4.69, 9.17) is 0 Å². The lowest BCUT2D eigenvalue weighted by Crippen LogP contribution is -2.53. The Labute approximate surface area is 230 Å². The number of anilines is 1. The minimum Gasteiger partial charge on any atom is -0.337 e. The van der Waals surface area contributed by atoms with Gasteiger partial charge in [0.05, 0.1) is 0 Å². The first kappa shape index (κ1) is 28.7. The highest BCUT2D eigenvalue weighted by atomic mass is 16.2. The standard InChI is InChI=1S/C32H50N4O2/c1-24(22-31(2,3)4)20-29(37)36(23-25-12-13-26-21-28(25)32(26,5)6)19-16-34-14-17-35(18-15-34)30(38)33-27-10-8-7-9-11-27/h7-12,24,26,28H,13-23H2,1-6H3,(H,33,38). The molecule has 210 valence electrons. The first-order valence-corrected chi connectivity index (χ1v) is 14.7. The van der Waals surface area contributed by atoms with Crippen molar-refractivity contribution in [3.8, 4) is 0 Å². The highest BCUT2D eigenvalue weighted by Crippen LogP contribution is 2.59. The summed E-state index contributed by atoms with van der Waals surface area (Å²) in [5, 5.41) is 3.00. The number of carbonyl (C=O) groups is 2. The van der Waals surface area contributed by atoms with Gasteiger partial charge in [-0.15, -0.1) is 0 Å². The zero-order valence-corrected chi connectivity index (χ0v) is 24.6. The van der Waals surface area contributed by atoms with Crippen molar-refractivity contribution in [2.45, 2.75) is 67.2 Å². The maximum atomic E-state index is 13.6. The monoisotopic (exact) mass is 522 g/mol. The van der Waals surface area contributed by atoms with Crippen LogP contribution in [0, 0.1) is 28.6 Å². The summed E-state index contributed by atoms with van der Waals surface area (Å²) in [6, 6.07) is 9.59. The molecule has 1 saturated heterocycles. The number of nitrogens with zero attached hydrogens (tertiary/aromatic N) is 3. The van der Waals surface area contributed by atoms with Crippen LogP contribution < -0.4 is 5.32 Å². The van der Waals surface area contributed by atoms with E-state index in [1.807, 2.05) is 35.2 Å². The number of hydrogen-bond acceptors (Lipinski definition) is 3. The van der Waals surface area contributed by atoms with Crippen molar-refractivity contribution in [3.05, 3.63) is 42.0 Å². The van der Waals surface area contributed by atoms with Crippen molar-refractivity contribution in [1.82, 2.24) is 14.7 Å². The van der Waals surface area contributed by atoms with Gasteiger partial charge in [0.1, 0.15) is 0 Å². The number of benzene rings is 1. The Kier molecular flexibility index (Phi) is 8.91. The van der Waals surface area contributed by atoms with Gasteiger partial charge >= 0.3 is 6.03 Å². The van der Waals surface area contributed by atoms with Gasteiger partial charge in [-0.3, -0.25) is 9.69 Å². The van der Waals surface area contributed by atoms with E-state index in [1.165, 1.54) is 12.0 Å². The number of para-hydroxylation sites is 1. The predicted octanol–water partition coefficient (Wildman–Crippen LogP) is 6.12. The quantitative estimate of drug-likeness (QED) is 0.398. The van der Waals surface area contributed by atoms with Gasteiger partial charge < -0.3 is 15.1 Å². The van der Waals surface area contributed by atoms with Crippen molar-refractivity contribution in [2.24, 2.45) is 28.6 Å². The zero-order chi connectivity index (χ0) is 27.5. The van der Waals surface area contributed by atoms with E-state index in [2.05, 4.69) is 62.7 Å². The highest BCUT2D eigenvalue weighted by molar-refractivity contribution is 5.89. The first-order chi connectivity index (χ1) is 17.9. The zero-order valence-electron chi connectivity index (χ0n) is 24.6. The summed E-state index contributed by atoms with van der Waals surface area (Å²) in [6.45, 7) is 19.3. The van der Waals surface area contributed by atoms with Gasteiger partial charge in [0.25, 0.3) is 0 Å². The molecule has 3 atom stereocenters. The number of piperazine rings is 1. The molecular weight excluding hydrogens is 472 g/mol. The van der Waals surface area contributed by atoms with E-state index >= 15 is 0 Å². The van der Waals surface area contributed by atoms with Crippen LogP contribution in [0.3, 0.4) is 0 Å². The second kappa shape index (κ2) is 11.8. The van der Waals surface area contributed by atoms with E-state index in [-0.39, 0.29) is 11.4 Å². The largest absolute Gasteiger partial charge is 0.337 e. The Morgan fingerprint density at radius 3 is 2.39 bits per heavy atom. The second-order valence-corrected chi connectivity index (χ2v) is 13.8. The van der Waals surface area contributed by atoms with Crippen LogP contribution >= 0.6 is 0 Å². The Bertz CT molecular complexity index is 988. The van der Waals surface area contributed by atoms with Crippen molar-refractivity contribution in [1.29, 1.82) is 0 Å². The van der Waals surface area contributed by atoms with Gasteiger partial charge in [-0.25, -0.2) is 4.79 Å². The molecule has 3 aliphatic carbocycles. The molecule has 38 heavy (non-hydrogen) atoms. The van der Waals surface area contributed by atoms with Crippen molar-refractivity contribution >= 4 is 17.6 Å². The second-order valence-electron chi connectivity index (χ2n) is 13.8. The van der Waals surface area contributed by atoms with Gasteiger partial charge in [0.15, 0.2) is 0 Å². The van der Waals surface area contributed by atoms with Crippen LogP contribution in [0.15, 0.2) is 42.0 Å². The van der Waals surface area contributed by atoms with E-state index in [1.54, 1.807) is 0 Å². The summed E-state index contributed by atoms with van der Waals surface area (Å²) in [4.78, 5) is 32.7. The molecule has 2 bridgehead atoms. The summed E-state index contributed by atoms with van der Waals surface area (Å²) in [5.74, 6) is 2.10. The van der Waals surface area contributed by atoms with E-state index in [0.29, 0.717) is 42.7 Å². The minimum atomic E-state index is -0.0360. The Balaban J connectivity index is 1.31. The molecule has 3 unspecified atom stereocenters. The SMILES string of the molecule is CC(CC(=O)N(CCN1CCN(C(=O)Nc2ccccc2)CC1)CC1=CCC2CC1C2(C)C)CC(C)(C)C. The van der Waals surface area contributed by atoms with Crippen LogP contribution in [-0.2, 0) is 4.79 Å². The van der Waals surface area contributed by atoms with Gasteiger partial charge in [-0.05, 0) is 60.0 Å². The fourth-order valence-corrected chi connectivity index (χ4v) is 6.87. The maximum absolute atomic E-state index is 13.6. The molecule has 2 fully saturated rings. The molecule has 1 aromatic carbocycles. The lowest BCUT2D eigenvalue weighted by atomic mass is 9.49. The topological polar surface area (TPSA) is 55.9 Å². The minimum absolute atomic E-state index is 0.0360. The predicted molar refractivity (Wildman–Crippen MR) is 156 cm³/mol. The molecule has 6 nitrogen and oxygen atoms in total. The lowest BCUT2D eigenvalue weighted by molar-refractivity contribution is -0.132. The van der Waals surface area contributed by atoms with Gasteiger partial charge in [-0.1, -0.05) is 71.4 Å². The number of amides is 3. The first-order valence-electron chi connectivity index (χ1n) is 14.7. The Morgan fingerprint density at radius 2 is 1.79 bits per heavy atom. The van der Waals surface area contributed by atoms with Crippen molar-refractivity contribution in [3.63, 3.8) is 0 Å². The van der Waals surface area contributed by atoms with E-state index in [0.717, 1.165) is 57.2 Å². The lowest BCUT2D eigenvalue weighted by Gasteiger charge is -2.57. The maximum Gasteiger partial charge on any atom is 0.321 e. The molecule has 0 spiro atoms. The Hall–Kier alpha value is -2.34. The third-order valence-electron chi connectivity index (χ3n) is 9.16. The Morgan fingerprint density at radius 1 is 1.11 bits per heavy atom. The number of hydrogen-bond donors (Lipinski definition) is 1. The van der Waals surface area contributed by atoms with Gasteiger partial charge in [-0.2, -0.15) is 0 Å². The third-order valence-corrected chi connectivity index (χ3v) is 9.16. The fraction of sp³-hybridized carbons (Fsp3) is 0.688. The number of allylic oxidation sites excluding steroid dienone is 1. The molecule has 4 aliphatic rings. The third kappa shape index (κ3) is 7.19. The van der Waals surface area contributed by atoms with Crippen LogP contribution in [0.1, 0.15) is 67.2 Å². The molecular formula is C32H50N4O2. The molecule has 6 heteroatoms. The molecule has 0 aromatic heterocycles. The smallest absolute Gasteiger partial charge is 0.321 e. The van der Waals surface area contributed by atoms with Crippen LogP contribution in [-0.4, -0.2) is 72.5 Å². The molecule has 1 saturated carbocycles. The molecule has 1 N–H and O–H groups in total. The molecule has 1 heterocycles. The van der Waals surface area contributed by atoms with Crippen molar-refractivity contribution < 1.29 is 9.59 Å². The summed E-state index contributed by atoms with van der Waals surface area (Å²) in [6.07, 6.45) is 6.56. The van der Waals surface area contributed by atoms with E-state index < -0.39 is 0 Å². The average Bonchev–Trinajstić information content (AvgIpc) is 2.86. The molecule has 0 radical (unpaired) electrons. The van der Waals surface area contributed by atoms with Crippen LogP contribution in [0.4, 0.5) is 10.5 Å². The van der Waals surface area contributed by atoms with Gasteiger partial charge in [0, 0.05) is 57.9 Å². The fourth-order valence-electron chi connectivity index (χ4n) is 6.87. The highest BCUT2D eigenvalue weighted by Gasteiger charge is 2.51. The van der Waals surface area contributed by atoms with Crippen molar-refractivity contribution in [2.75, 3.05) is 51.1 Å². The average molecular weight is 523 g/mol. The summed E-state index contributed by atoms with van der Waals surface area (Å²) < 4.78 is 0. The normalized spacial score (nSPS) is 23.7. The molecule has 5 rings (SSSR count). The van der Waals surface area contributed by atoms with Gasteiger partial charge in [0.2, 0.25) is 5.91 Å². The molecule has 1 aliphatic heterocycles. The summed E-state index contributed by atoms with van der Waals surface area (Å²) in [5.41, 5.74) is 2.91. The van der Waals surface area contributed by atoms with E-state index in [9.17, 15) is 9.59 Å². The number of rotatable bonds is 9. The number of carbonyl (C=O) groups excluding carboxylic acids is 2.